The van der Waals surface area contributed by atoms with Crippen molar-refractivity contribution in [1.29, 1.82) is 0 Å². The third-order valence-electron chi connectivity index (χ3n) is 5.76. The first-order valence-electron chi connectivity index (χ1n) is 8.99. The molecule has 2 atom stereocenters. The average Bonchev–Trinajstić information content (AvgIpc) is 3.08. The van der Waals surface area contributed by atoms with E-state index >= 15 is 0 Å². The molecule has 1 aromatic heterocycles. The summed E-state index contributed by atoms with van der Waals surface area (Å²) >= 11 is 0. The van der Waals surface area contributed by atoms with Crippen molar-refractivity contribution in [3.63, 3.8) is 0 Å². The van der Waals surface area contributed by atoms with Crippen LogP contribution < -0.4 is 4.73 Å². The molecule has 4 nitrogen and oxygen atoms in total. The van der Waals surface area contributed by atoms with Gasteiger partial charge in [-0.25, -0.2) is 0 Å². The van der Waals surface area contributed by atoms with Gasteiger partial charge in [-0.15, -0.1) is 0 Å². The molecule has 1 aromatic carbocycles. The van der Waals surface area contributed by atoms with Crippen molar-refractivity contribution < 1.29 is 14.3 Å². The first kappa shape index (κ1) is 16.0. The fraction of sp³-hybridized carbons (Fsp3) is 0.381. The number of fused-ring (bicyclic) bond motifs is 2. The van der Waals surface area contributed by atoms with Crippen molar-refractivity contribution in [2.45, 2.75) is 38.5 Å². The lowest BCUT2D eigenvalue weighted by Crippen LogP contribution is -2.35. The van der Waals surface area contributed by atoms with E-state index in [1.165, 1.54) is 6.20 Å². The molecule has 0 N–H and O–H groups in total. The molecule has 1 heterocycles. The molecule has 25 heavy (non-hydrogen) atoms. The van der Waals surface area contributed by atoms with Crippen LogP contribution in [-0.4, -0.2) is 11.6 Å². The molecule has 2 bridgehead atoms. The maximum atomic E-state index is 12.9. The lowest BCUT2D eigenvalue weighted by Gasteiger charge is -2.27. The van der Waals surface area contributed by atoms with Crippen LogP contribution in [0.2, 0.25) is 0 Å². The summed E-state index contributed by atoms with van der Waals surface area (Å²) in [5.74, 6) is -0.434. The third-order valence-corrected chi connectivity index (χ3v) is 5.76. The monoisotopic (exact) mass is 335 g/mol. The fourth-order valence-corrected chi connectivity index (χ4v) is 4.41. The number of pyridine rings is 1. The summed E-state index contributed by atoms with van der Waals surface area (Å²) in [7, 11) is 0. The maximum Gasteiger partial charge on any atom is 0.223 e. The molecule has 2 aromatic rings. The number of hydrogen-bond acceptors (Lipinski definition) is 3. The summed E-state index contributed by atoms with van der Waals surface area (Å²) in [6.45, 7) is 2.03. The van der Waals surface area contributed by atoms with Crippen molar-refractivity contribution >= 4 is 11.6 Å². The third kappa shape index (κ3) is 2.56. The highest BCUT2D eigenvalue weighted by atomic mass is 16.5. The second kappa shape index (κ2) is 6.10. The van der Waals surface area contributed by atoms with E-state index in [-0.39, 0.29) is 23.4 Å². The minimum atomic E-state index is -0.648. The second-order valence-electron chi connectivity index (χ2n) is 7.12. The molecule has 0 amide bonds. The maximum absolute atomic E-state index is 12.9. The summed E-state index contributed by atoms with van der Waals surface area (Å²) in [5, 5.41) is 12.1. The van der Waals surface area contributed by atoms with Gasteiger partial charge in [0, 0.05) is 29.5 Å². The van der Waals surface area contributed by atoms with Crippen LogP contribution in [0, 0.1) is 17.0 Å². The number of rotatable bonds is 3. The van der Waals surface area contributed by atoms with Gasteiger partial charge in [-0.1, -0.05) is 13.0 Å². The molecule has 4 heteroatoms. The van der Waals surface area contributed by atoms with Crippen LogP contribution in [-0.2, 0) is 16.0 Å². The van der Waals surface area contributed by atoms with Crippen LogP contribution in [0.5, 0.6) is 0 Å². The van der Waals surface area contributed by atoms with E-state index in [2.05, 4.69) is 0 Å². The highest BCUT2D eigenvalue weighted by molar-refractivity contribution is 6.12. The molecule has 128 valence electrons. The SMILES string of the molecule is CCc1ccc(-c2cccc[n+]2[O-])cc1C1C(=O)C2CCC(C2)C1=O. The molecule has 0 saturated heterocycles. The number of nitrogens with zero attached hydrogens (tertiary/aromatic N) is 1. The number of ketones is 2. The van der Waals surface area contributed by atoms with Crippen molar-refractivity contribution in [2.24, 2.45) is 11.8 Å². The van der Waals surface area contributed by atoms with E-state index < -0.39 is 5.92 Å². The van der Waals surface area contributed by atoms with E-state index in [1.807, 2.05) is 31.2 Å². The first-order valence-corrected chi connectivity index (χ1v) is 8.99. The molecule has 2 saturated carbocycles. The Bertz CT molecular complexity index is 836. The lowest BCUT2D eigenvalue weighted by atomic mass is 9.73. The quantitative estimate of drug-likeness (QED) is 0.492. The van der Waals surface area contributed by atoms with Gasteiger partial charge in [-0.3, -0.25) is 9.59 Å². The summed E-state index contributed by atoms with van der Waals surface area (Å²) < 4.78 is 0.818. The molecule has 2 fully saturated rings. The Balaban J connectivity index is 1.83. The number of aromatic nitrogens is 1. The number of carbonyl (C=O) groups excluding carboxylic acids is 2. The molecular weight excluding hydrogens is 314 g/mol. The van der Waals surface area contributed by atoms with E-state index in [4.69, 9.17) is 0 Å². The van der Waals surface area contributed by atoms with Gasteiger partial charge in [0.05, 0.1) is 0 Å². The number of carbonyl (C=O) groups is 2. The van der Waals surface area contributed by atoms with Gasteiger partial charge in [-0.05, 0) is 55.0 Å². The Morgan fingerprint density at radius 3 is 2.44 bits per heavy atom. The highest BCUT2D eigenvalue weighted by Gasteiger charge is 2.47. The van der Waals surface area contributed by atoms with Gasteiger partial charge in [0.15, 0.2) is 17.8 Å². The Labute approximate surface area is 147 Å². The summed E-state index contributed by atoms with van der Waals surface area (Å²) in [5.41, 5.74) is 3.10. The van der Waals surface area contributed by atoms with Crippen molar-refractivity contribution in [3.05, 3.63) is 58.9 Å². The Morgan fingerprint density at radius 1 is 1.08 bits per heavy atom. The predicted octanol–water partition coefficient (Wildman–Crippen LogP) is 3.20. The summed E-state index contributed by atoms with van der Waals surface area (Å²) in [6.07, 6.45) is 4.63. The number of benzene rings is 1. The molecule has 2 aliphatic carbocycles. The second-order valence-corrected chi connectivity index (χ2v) is 7.12. The minimum absolute atomic E-state index is 0.0298. The van der Waals surface area contributed by atoms with Crippen LogP contribution >= 0.6 is 0 Å². The van der Waals surface area contributed by atoms with Crippen molar-refractivity contribution in [2.75, 3.05) is 0 Å². The molecule has 0 aliphatic heterocycles. The van der Waals surface area contributed by atoms with Gasteiger partial charge < -0.3 is 5.21 Å². The smallest absolute Gasteiger partial charge is 0.223 e. The van der Waals surface area contributed by atoms with E-state index in [0.717, 1.165) is 47.1 Å². The van der Waals surface area contributed by atoms with Gasteiger partial charge in [0.1, 0.15) is 5.92 Å². The van der Waals surface area contributed by atoms with Gasteiger partial charge in [0.2, 0.25) is 5.69 Å². The predicted molar refractivity (Wildman–Crippen MR) is 93.8 cm³/mol. The lowest BCUT2D eigenvalue weighted by molar-refractivity contribution is -0.593. The van der Waals surface area contributed by atoms with Crippen LogP contribution in [0.1, 0.15) is 43.2 Å². The Morgan fingerprint density at radius 2 is 1.80 bits per heavy atom. The standard InChI is InChI=1S/C21H21NO3/c1-2-13-6-7-14(18-5-3-4-10-22(18)25)12-17(13)19-20(23)15-8-9-16(11-15)21(19)24/h3-7,10,12,15-16,19H,2,8-9,11H2,1H3. The summed E-state index contributed by atoms with van der Waals surface area (Å²) in [6, 6.07) is 11.0. The van der Waals surface area contributed by atoms with Crippen LogP contribution in [0.25, 0.3) is 11.3 Å². The summed E-state index contributed by atoms with van der Waals surface area (Å²) in [4.78, 5) is 25.8. The molecule has 0 radical (unpaired) electrons. The Kier molecular flexibility index (Phi) is 3.91. The fourth-order valence-electron chi connectivity index (χ4n) is 4.41. The van der Waals surface area contributed by atoms with Gasteiger partial charge >= 0.3 is 0 Å². The molecule has 2 aliphatic rings. The Hall–Kier alpha value is -2.49. The highest BCUT2D eigenvalue weighted by Crippen LogP contribution is 2.45. The minimum Gasteiger partial charge on any atom is -0.618 e. The van der Waals surface area contributed by atoms with Gasteiger partial charge in [0.25, 0.3) is 0 Å². The van der Waals surface area contributed by atoms with Gasteiger partial charge in [-0.2, -0.15) is 4.73 Å². The van der Waals surface area contributed by atoms with Crippen LogP contribution in [0.4, 0.5) is 0 Å². The molecule has 0 spiro atoms. The van der Waals surface area contributed by atoms with Crippen molar-refractivity contribution in [3.8, 4) is 11.3 Å². The van der Waals surface area contributed by atoms with E-state index in [9.17, 15) is 14.8 Å². The van der Waals surface area contributed by atoms with E-state index in [1.54, 1.807) is 12.1 Å². The molecule has 2 unspecified atom stereocenters. The van der Waals surface area contributed by atoms with E-state index in [0.29, 0.717) is 5.69 Å². The zero-order valence-corrected chi connectivity index (χ0v) is 14.3. The number of hydrogen-bond donors (Lipinski definition) is 0. The first-order chi connectivity index (χ1) is 12.1. The zero-order chi connectivity index (χ0) is 17.6. The zero-order valence-electron chi connectivity index (χ0n) is 14.3. The topological polar surface area (TPSA) is 61.1 Å². The normalized spacial score (nSPS) is 25.4. The van der Waals surface area contributed by atoms with Crippen LogP contribution in [0.15, 0.2) is 42.6 Å². The largest absolute Gasteiger partial charge is 0.618 e. The average molecular weight is 335 g/mol. The number of aryl methyl sites for hydroxylation is 1. The van der Waals surface area contributed by atoms with Crippen LogP contribution in [0.3, 0.4) is 0 Å². The number of Topliss-reactive ketones (excluding diaryl/α,β-unsaturated/α-hetero) is 2. The molecular formula is C21H21NO3. The van der Waals surface area contributed by atoms with Crippen molar-refractivity contribution in [1.82, 2.24) is 0 Å². The molecule has 4 rings (SSSR count).